The van der Waals surface area contributed by atoms with E-state index in [0.29, 0.717) is 6.42 Å². The summed E-state index contributed by atoms with van der Waals surface area (Å²) in [5.41, 5.74) is 0. The van der Waals surface area contributed by atoms with Gasteiger partial charge in [0.1, 0.15) is 0 Å². The first-order valence-corrected chi connectivity index (χ1v) is 28.2. The highest BCUT2D eigenvalue weighted by molar-refractivity contribution is 5.76. The summed E-state index contributed by atoms with van der Waals surface area (Å²) < 4.78 is 0. The second-order valence-electron chi connectivity index (χ2n) is 19.3. The Morgan fingerprint density at radius 2 is 0.629 bits per heavy atom. The van der Waals surface area contributed by atoms with Crippen molar-refractivity contribution in [1.29, 1.82) is 0 Å². The Hall–Kier alpha value is -1.39. The number of amides is 1. The van der Waals surface area contributed by atoms with Gasteiger partial charge in [-0.25, -0.2) is 0 Å². The highest BCUT2D eigenvalue weighted by Gasteiger charge is 2.18. The van der Waals surface area contributed by atoms with Crippen LogP contribution in [0.4, 0.5) is 0 Å². The second kappa shape index (κ2) is 53.9. The number of aliphatic hydroxyl groups excluding tert-OH is 2. The zero-order chi connectivity index (χ0) is 44.9. The molecule has 0 fully saturated rings. The number of carbonyl (C=O) groups is 1. The summed E-state index contributed by atoms with van der Waals surface area (Å²) in [6.45, 7) is 4.29. The van der Waals surface area contributed by atoms with Gasteiger partial charge in [0.25, 0.3) is 0 Å². The molecule has 0 saturated carbocycles. The SMILES string of the molecule is CCCCCCC/C=C/CC/C=C/C(O)C(CO)NC(=O)CCCCCCCCCCCCCCCCCCC/C=C\CCCCCCCCCCCCCCCCCCCC. The van der Waals surface area contributed by atoms with Gasteiger partial charge in [-0.05, 0) is 57.8 Å². The number of allylic oxidation sites excluding steroid dienone is 5. The molecule has 0 saturated heterocycles. The molecule has 2 unspecified atom stereocenters. The lowest BCUT2D eigenvalue weighted by molar-refractivity contribution is -0.123. The quantitative estimate of drug-likeness (QED) is 0.0421. The molecule has 1 amide bonds. The number of nitrogens with one attached hydrogen (secondary N) is 1. The lowest BCUT2D eigenvalue weighted by Gasteiger charge is -2.19. The molecule has 0 bridgehead atoms. The third-order valence-electron chi connectivity index (χ3n) is 13.1. The molecule has 3 N–H and O–H groups in total. The molecule has 0 rings (SSSR count). The zero-order valence-corrected chi connectivity index (χ0v) is 42.2. The van der Waals surface area contributed by atoms with E-state index in [1.165, 1.54) is 257 Å². The smallest absolute Gasteiger partial charge is 0.220 e. The molecular formula is C58H111NO3. The monoisotopic (exact) mass is 870 g/mol. The minimum atomic E-state index is -0.859. The van der Waals surface area contributed by atoms with E-state index in [9.17, 15) is 15.0 Å². The molecule has 0 aliphatic carbocycles. The first-order chi connectivity index (χ1) is 30.7. The maximum atomic E-state index is 12.4. The van der Waals surface area contributed by atoms with Crippen molar-refractivity contribution >= 4 is 5.91 Å². The van der Waals surface area contributed by atoms with Crippen molar-refractivity contribution < 1.29 is 15.0 Å². The van der Waals surface area contributed by atoms with E-state index in [-0.39, 0.29) is 12.5 Å². The van der Waals surface area contributed by atoms with Crippen LogP contribution >= 0.6 is 0 Å². The van der Waals surface area contributed by atoms with Gasteiger partial charge in [-0.3, -0.25) is 4.79 Å². The summed E-state index contributed by atoms with van der Waals surface area (Å²) in [5, 5.41) is 23.0. The summed E-state index contributed by atoms with van der Waals surface area (Å²) in [4.78, 5) is 12.4. The summed E-state index contributed by atoms with van der Waals surface area (Å²) >= 11 is 0. The normalized spacial score (nSPS) is 13.0. The Morgan fingerprint density at radius 1 is 0.371 bits per heavy atom. The molecule has 2 atom stereocenters. The van der Waals surface area contributed by atoms with Crippen LogP contribution in [0.2, 0.25) is 0 Å². The minimum Gasteiger partial charge on any atom is -0.394 e. The van der Waals surface area contributed by atoms with Gasteiger partial charge in [-0.1, -0.05) is 281 Å². The number of unbranched alkanes of at least 4 members (excludes halogenated alkanes) is 41. The number of rotatable bonds is 52. The van der Waals surface area contributed by atoms with Crippen molar-refractivity contribution in [2.24, 2.45) is 0 Å². The fraction of sp³-hybridized carbons (Fsp3) is 0.879. The van der Waals surface area contributed by atoms with E-state index >= 15 is 0 Å². The van der Waals surface area contributed by atoms with Crippen LogP contribution < -0.4 is 5.32 Å². The number of carbonyl (C=O) groups excluding carboxylic acids is 1. The lowest BCUT2D eigenvalue weighted by Crippen LogP contribution is -2.45. The molecular weight excluding hydrogens is 759 g/mol. The fourth-order valence-corrected chi connectivity index (χ4v) is 8.78. The molecule has 0 aromatic carbocycles. The predicted molar refractivity (Wildman–Crippen MR) is 276 cm³/mol. The zero-order valence-electron chi connectivity index (χ0n) is 42.2. The molecule has 62 heavy (non-hydrogen) atoms. The van der Waals surface area contributed by atoms with E-state index in [1.54, 1.807) is 6.08 Å². The third-order valence-corrected chi connectivity index (χ3v) is 13.1. The molecule has 0 spiro atoms. The molecule has 0 radical (unpaired) electrons. The van der Waals surface area contributed by atoms with Gasteiger partial charge in [0.15, 0.2) is 0 Å². The predicted octanol–water partition coefficient (Wildman–Crippen LogP) is 18.5. The highest BCUT2D eigenvalue weighted by atomic mass is 16.3. The van der Waals surface area contributed by atoms with E-state index < -0.39 is 12.1 Å². The average Bonchev–Trinajstić information content (AvgIpc) is 3.28. The van der Waals surface area contributed by atoms with Gasteiger partial charge in [0, 0.05) is 6.42 Å². The number of aliphatic hydroxyl groups is 2. The van der Waals surface area contributed by atoms with Crippen molar-refractivity contribution in [3.8, 4) is 0 Å². The molecule has 0 aromatic rings. The van der Waals surface area contributed by atoms with Gasteiger partial charge >= 0.3 is 0 Å². The molecule has 4 nitrogen and oxygen atoms in total. The van der Waals surface area contributed by atoms with Gasteiger partial charge < -0.3 is 15.5 Å². The average molecular weight is 871 g/mol. The highest BCUT2D eigenvalue weighted by Crippen LogP contribution is 2.17. The molecule has 0 heterocycles. The van der Waals surface area contributed by atoms with Gasteiger partial charge in [0.05, 0.1) is 18.8 Å². The standard InChI is InChI=1S/C58H111NO3/c1-3-5-7-9-11-13-15-16-17-18-19-20-21-22-23-24-25-26-27-28-29-30-31-32-33-34-35-36-37-38-39-40-41-42-44-46-48-50-52-54-58(62)59-56(55-60)57(61)53-51-49-47-45-43-14-12-10-8-6-4-2/h28-29,43,45,51,53,56-57,60-61H,3-27,30-42,44,46-50,52,54-55H2,1-2H3,(H,59,62)/b29-28-,45-43+,53-51+. The van der Waals surface area contributed by atoms with Crippen molar-refractivity contribution in [1.82, 2.24) is 5.32 Å². The molecule has 0 aromatic heterocycles. The second-order valence-corrected chi connectivity index (χ2v) is 19.3. The summed E-state index contributed by atoms with van der Waals surface area (Å²) in [6, 6.07) is -0.636. The molecule has 0 aliphatic rings. The van der Waals surface area contributed by atoms with E-state index in [2.05, 4.69) is 43.5 Å². The summed E-state index contributed by atoms with van der Waals surface area (Å²) in [5.74, 6) is -0.0717. The first kappa shape index (κ1) is 60.6. The Balaban J connectivity index is 3.37. The van der Waals surface area contributed by atoms with E-state index in [4.69, 9.17) is 0 Å². The van der Waals surface area contributed by atoms with Crippen LogP contribution in [0, 0.1) is 0 Å². The Kier molecular flexibility index (Phi) is 52.7. The van der Waals surface area contributed by atoms with Gasteiger partial charge in [-0.15, -0.1) is 0 Å². The number of hydrogen-bond acceptors (Lipinski definition) is 3. The van der Waals surface area contributed by atoms with E-state index in [0.717, 1.165) is 32.1 Å². The van der Waals surface area contributed by atoms with Crippen molar-refractivity contribution in [3.63, 3.8) is 0 Å². The first-order valence-electron chi connectivity index (χ1n) is 28.2. The lowest BCUT2D eigenvalue weighted by atomic mass is 10.0. The van der Waals surface area contributed by atoms with Crippen LogP contribution in [-0.4, -0.2) is 34.9 Å². The van der Waals surface area contributed by atoms with Crippen LogP contribution in [0.25, 0.3) is 0 Å². The largest absolute Gasteiger partial charge is 0.394 e. The maximum Gasteiger partial charge on any atom is 0.220 e. The minimum absolute atomic E-state index is 0.0717. The van der Waals surface area contributed by atoms with Crippen molar-refractivity contribution in [2.75, 3.05) is 6.61 Å². The van der Waals surface area contributed by atoms with Gasteiger partial charge in [-0.2, -0.15) is 0 Å². The Labute approximate surface area is 389 Å². The summed E-state index contributed by atoms with van der Waals surface area (Å²) in [7, 11) is 0. The maximum absolute atomic E-state index is 12.4. The fourth-order valence-electron chi connectivity index (χ4n) is 8.78. The topological polar surface area (TPSA) is 69.6 Å². The Bertz CT molecular complexity index is 943. The molecule has 0 aliphatic heterocycles. The summed E-state index contributed by atoms with van der Waals surface area (Å²) in [6.07, 6.45) is 73.4. The number of hydrogen-bond donors (Lipinski definition) is 3. The van der Waals surface area contributed by atoms with Crippen molar-refractivity contribution in [3.05, 3.63) is 36.5 Å². The van der Waals surface area contributed by atoms with Crippen LogP contribution in [0.15, 0.2) is 36.5 Å². The molecule has 366 valence electrons. The van der Waals surface area contributed by atoms with Crippen LogP contribution in [0.5, 0.6) is 0 Å². The molecule has 4 heteroatoms. The van der Waals surface area contributed by atoms with Crippen molar-refractivity contribution in [2.45, 2.75) is 321 Å². The Morgan fingerprint density at radius 3 is 0.935 bits per heavy atom. The van der Waals surface area contributed by atoms with Crippen LogP contribution in [-0.2, 0) is 4.79 Å². The van der Waals surface area contributed by atoms with Crippen LogP contribution in [0.3, 0.4) is 0 Å². The van der Waals surface area contributed by atoms with E-state index in [1.807, 2.05) is 6.08 Å². The third kappa shape index (κ3) is 49.6. The van der Waals surface area contributed by atoms with Crippen LogP contribution in [0.1, 0.15) is 309 Å². The van der Waals surface area contributed by atoms with Gasteiger partial charge in [0.2, 0.25) is 5.91 Å².